The first-order valence-corrected chi connectivity index (χ1v) is 8.20. The SMILES string of the molecule is CNS(=O)(=O)CCNC(=O)N1C[C@@H](C(F)(F)F)OC(C)(C)C1. The van der Waals surface area contributed by atoms with Crippen LogP contribution in [0.2, 0.25) is 0 Å². The minimum atomic E-state index is -4.58. The van der Waals surface area contributed by atoms with Gasteiger partial charge in [0.25, 0.3) is 0 Å². The molecule has 0 saturated carbocycles. The molecule has 11 heteroatoms. The number of nitrogens with one attached hydrogen (secondary N) is 2. The standard InChI is InChI=1S/C11H20F3N3O4S/c1-10(2)7-17(6-8(21-10)11(12,13)14)9(18)16-4-5-22(19,20)15-3/h8,15H,4-7H2,1-3H3,(H,16,18)/t8-/m0/s1. The van der Waals surface area contributed by atoms with Crippen molar-refractivity contribution in [1.82, 2.24) is 14.9 Å². The van der Waals surface area contributed by atoms with E-state index in [2.05, 4.69) is 10.0 Å². The molecule has 0 aliphatic carbocycles. The van der Waals surface area contributed by atoms with Gasteiger partial charge in [-0.1, -0.05) is 0 Å². The fourth-order valence-electron chi connectivity index (χ4n) is 2.02. The number of hydrogen-bond acceptors (Lipinski definition) is 4. The van der Waals surface area contributed by atoms with Gasteiger partial charge in [0, 0.05) is 6.54 Å². The summed E-state index contributed by atoms with van der Waals surface area (Å²) < 4.78 is 67.8. The van der Waals surface area contributed by atoms with Gasteiger partial charge in [-0.3, -0.25) is 0 Å². The van der Waals surface area contributed by atoms with E-state index in [1.807, 2.05) is 0 Å². The first-order chi connectivity index (χ1) is 9.86. The lowest BCUT2D eigenvalue weighted by Crippen LogP contribution is -2.60. The largest absolute Gasteiger partial charge is 0.416 e. The summed E-state index contributed by atoms with van der Waals surface area (Å²) in [7, 11) is -2.26. The van der Waals surface area contributed by atoms with Crippen LogP contribution in [0.3, 0.4) is 0 Å². The number of amides is 2. The summed E-state index contributed by atoms with van der Waals surface area (Å²) in [6.45, 7) is 2.06. The number of alkyl halides is 3. The van der Waals surface area contributed by atoms with Crippen LogP contribution >= 0.6 is 0 Å². The van der Waals surface area contributed by atoms with Gasteiger partial charge in [0.1, 0.15) is 0 Å². The molecule has 1 heterocycles. The zero-order valence-corrected chi connectivity index (χ0v) is 13.3. The first kappa shape index (κ1) is 19.0. The second-order valence-electron chi connectivity index (χ2n) is 5.54. The molecule has 1 fully saturated rings. The van der Waals surface area contributed by atoms with Crippen LogP contribution in [0.15, 0.2) is 0 Å². The van der Waals surface area contributed by atoms with E-state index in [9.17, 15) is 26.4 Å². The number of halogens is 3. The summed E-state index contributed by atoms with van der Waals surface area (Å²) in [5.41, 5.74) is -1.15. The molecule has 0 aromatic heterocycles. The molecule has 1 saturated heterocycles. The number of nitrogens with zero attached hydrogens (tertiary/aromatic N) is 1. The molecule has 7 nitrogen and oxygen atoms in total. The van der Waals surface area contributed by atoms with E-state index < -0.39 is 40.5 Å². The number of rotatable bonds is 4. The normalized spacial score (nSPS) is 22.5. The molecule has 0 aromatic rings. The molecule has 0 radical (unpaired) electrons. The maximum atomic E-state index is 12.8. The molecule has 1 aliphatic heterocycles. The fraction of sp³-hybridized carbons (Fsp3) is 0.909. The molecular formula is C11H20F3N3O4S. The Bertz CT molecular complexity index is 507. The third kappa shape index (κ3) is 5.61. The molecular weight excluding hydrogens is 327 g/mol. The Kier molecular flexibility index (Phi) is 5.68. The Morgan fingerprint density at radius 2 is 2.00 bits per heavy atom. The van der Waals surface area contributed by atoms with E-state index in [4.69, 9.17) is 4.74 Å². The molecule has 1 aliphatic rings. The van der Waals surface area contributed by atoms with Crippen molar-refractivity contribution in [3.05, 3.63) is 0 Å². The molecule has 22 heavy (non-hydrogen) atoms. The zero-order valence-electron chi connectivity index (χ0n) is 12.5. The van der Waals surface area contributed by atoms with Crippen molar-refractivity contribution in [2.45, 2.75) is 31.7 Å². The van der Waals surface area contributed by atoms with Gasteiger partial charge in [-0.25, -0.2) is 17.9 Å². The molecule has 130 valence electrons. The van der Waals surface area contributed by atoms with E-state index >= 15 is 0 Å². The Morgan fingerprint density at radius 3 is 2.50 bits per heavy atom. The van der Waals surface area contributed by atoms with Crippen molar-refractivity contribution >= 4 is 16.1 Å². The van der Waals surface area contributed by atoms with Crippen LogP contribution in [-0.4, -0.2) is 69.7 Å². The van der Waals surface area contributed by atoms with Crippen molar-refractivity contribution in [2.24, 2.45) is 0 Å². The second kappa shape index (κ2) is 6.59. The van der Waals surface area contributed by atoms with E-state index in [1.54, 1.807) is 0 Å². The van der Waals surface area contributed by atoms with E-state index in [1.165, 1.54) is 20.9 Å². The van der Waals surface area contributed by atoms with Crippen LogP contribution in [0.5, 0.6) is 0 Å². The molecule has 1 atom stereocenters. The topological polar surface area (TPSA) is 87.7 Å². The maximum Gasteiger partial charge on any atom is 0.416 e. The van der Waals surface area contributed by atoms with Gasteiger partial charge in [-0.05, 0) is 20.9 Å². The number of urea groups is 1. The van der Waals surface area contributed by atoms with Crippen molar-refractivity contribution in [2.75, 3.05) is 32.4 Å². The molecule has 1 rings (SSSR count). The summed E-state index contributed by atoms with van der Waals surface area (Å²) in [6, 6.07) is -0.753. The molecule has 2 N–H and O–H groups in total. The Labute approximate surface area is 127 Å². The molecule has 2 amide bonds. The third-order valence-electron chi connectivity index (χ3n) is 3.03. The predicted molar refractivity (Wildman–Crippen MR) is 72.8 cm³/mol. The van der Waals surface area contributed by atoms with Crippen molar-refractivity contribution in [3.8, 4) is 0 Å². The van der Waals surface area contributed by atoms with Crippen LogP contribution in [0, 0.1) is 0 Å². The van der Waals surface area contributed by atoms with Gasteiger partial charge in [-0.15, -0.1) is 0 Å². The van der Waals surface area contributed by atoms with Gasteiger partial charge in [0.2, 0.25) is 10.0 Å². The zero-order chi connectivity index (χ0) is 17.2. The quantitative estimate of drug-likeness (QED) is 0.765. The summed E-state index contributed by atoms with van der Waals surface area (Å²) in [5.74, 6) is -0.355. The Morgan fingerprint density at radius 1 is 1.41 bits per heavy atom. The van der Waals surface area contributed by atoms with Crippen LogP contribution in [-0.2, 0) is 14.8 Å². The molecule has 0 spiro atoms. The first-order valence-electron chi connectivity index (χ1n) is 6.55. The molecule has 0 bridgehead atoms. The second-order valence-corrected chi connectivity index (χ2v) is 7.59. The van der Waals surface area contributed by atoms with Crippen LogP contribution in [0.1, 0.15) is 13.8 Å². The number of carbonyl (C=O) groups excluding carboxylic acids is 1. The fourth-order valence-corrected chi connectivity index (χ4v) is 2.59. The monoisotopic (exact) mass is 347 g/mol. The average molecular weight is 347 g/mol. The molecule has 0 unspecified atom stereocenters. The van der Waals surface area contributed by atoms with Gasteiger partial charge in [-0.2, -0.15) is 13.2 Å². The highest BCUT2D eigenvalue weighted by atomic mass is 32.2. The maximum absolute atomic E-state index is 12.8. The lowest BCUT2D eigenvalue weighted by Gasteiger charge is -2.43. The summed E-state index contributed by atoms with van der Waals surface area (Å²) in [5, 5.41) is 2.30. The Hall–Kier alpha value is -1.07. The number of hydrogen-bond donors (Lipinski definition) is 2. The highest BCUT2D eigenvalue weighted by Crippen LogP contribution is 2.31. The minimum Gasteiger partial charge on any atom is -0.359 e. The summed E-state index contributed by atoms with van der Waals surface area (Å²) >= 11 is 0. The minimum absolute atomic E-state index is 0.0236. The number of morpholine rings is 1. The smallest absolute Gasteiger partial charge is 0.359 e. The lowest BCUT2D eigenvalue weighted by molar-refractivity contribution is -0.267. The Balaban J connectivity index is 2.64. The van der Waals surface area contributed by atoms with E-state index in [0.717, 1.165) is 4.90 Å². The van der Waals surface area contributed by atoms with Crippen molar-refractivity contribution in [1.29, 1.82) is 0 Å². The van der Waals surface area contributed by atoms with Crippen molar-refractivity contribution < 1.29 is 31.1 Å². The third-order valence-corrected chi connectivity index (χ3v) is 4.39. The highest BCUT2D eigenvalue weighted by molar-refractivity contribution is 7.89. The predicted octanol–water partition coefficient (Wildman–Crippen LogP) is 0.287. The van der Waals surface area contributed by atoms with Crippen LogP contribution in [0.4, 0.5) is 18.0 Å². The summed E-state index contributed by atoms with van der Waals surface area (Å²) in [4.78, 5) is 12.9. The van der Waals surface area contributed by atoms with E-state index in [-0.39, 0.29) is 18.8 Å². The molecule has 0 aromatic carbocycles. The average Bonchev–Trinajstić information content (AvgIpc) is 2.35. The van der Waals surface area contributed by atoms with Crippen LogP contribution < -0.4 is 10.0 Å². The van der Waals surface area contributed by atoms with Gasteiger partial charge in [0.15, 0.2) is 6.10 Å². The lowest BCUT2D eigenvalue weighted by atomic mass is 10.1. The summed E-state index contributed by atoms with van der Waals surface area (Å²) in [6.07, 6.45) is -6.64. The highest BCUT2D eigenvalue weighted by Gasteiger charge is 2.49. The van der Waals surface area contributed by atoms with E-state index in [0.29, 0.717) is 0 Å². The number of ether oxygens (including phenoxy) is 1. The number of sulfonamides is 1. The van der Waals surface area contributed by atoms with Gasteiger partial charge in [0.05, 0.1) is 24.4 Å². The number of carbonyl (C=O) groups is 1. The van der Waals surface area contributed by atoms with Gasteiger partial charge >= 0.3 is 12.2 Å². The van der Waals surface area contributed by atoms with Gasteiger partial charge < -0.3 is 15.0 Å². The van der Waals surface area contributed by atoms with Crippen molar-refractivity contribution in [3.63, 3.8) is 0 Å². The van der Waals surface area contributed by atoms with Crippen LogP contribution in [0.25, 0.3) is 0 Å².